The molecule has 36 heavy (non-hydrogen) atoms. The highest BCUT2D eigenvalue weighted by molar-refractivity contribution is 6.13. The maximum atomic E-state index is 13.6. The Morgan fingerprint density at radius 3 is 2.42 bits per heavy atom. The molecule has 5 rings (SSSR count). The van der Waals surface area contributed by atoms with Gasteiger partial charge in [-0.05, 0) is 67.8 Å². The van der Waals surface area contributed by atoms with E-state index in [1.807, 2.05) is 61.5 Å². The number of pyridine rings is 1. The van der Waals surface area contributed by atoms with Gasteiger partial charge in [-0.15, -0.1) is 0 Å². The van der Waals surface area contributed by atoms with Crippen molar-refractivity contribution < 1.29 is 19.1 Å². The second kappa shape index (κ2) is 9.70. The Labute approximate surface area is 209 Å². The molecule has 7 nitrogen and oxygen atoms in total. The number of para-hydroxylation sites is 1. The molecule has 1 aromatic heterocycles. The van der Waals surface area contributed by atoms with Crippen LogP contribution in [0.4, 0.5) is 11.4 Å². The summed E-state index contributed by atoms with van der Waals surface area (Å²) < 4.78 is 10.8. The Balaban J connectivity index is 1.50. The van der Waals surface area contributed by atoms with Crippen LogP contribution >= 0.6 is 0 Å². The standard InChI is InChI=1S/C29H27N3O4/c1-17-8-12-20(30-28(33)18-9-10-18)15-24(17)32-29(34)22-16-25(31-23-7-5-4-6-21(22)23)19-11-13-26(35-2)27(14-19)36-3/h4-8,11-16,18H,9-10H2,1-3H3,(H,30,33)(H,32,34). The Morgan fingerprint density at radius 2 is 1.67 bits per heavy atom. The number of nitrogens with one attached hydrogen (secondary N) is 2. The molecule has 7 heteroatoms. The molecule has 1 saturated carbocycles. The third kappa shape index (κ3) is 4.73. The molecule has 0 bridgehead atoms. The molecule has 0 spiro atoms. The van der Waals surface area contributed by atoms with E-state index in [2.05, 4.69) is 10.6 Å². The molecule has 4 aromatic rings. The molecule has 2 N–H and O–H groups in total. The first-order valence-electron chi connectivity index (χ1n) is 11.8. The van der Waals surface area contributed by atoms with Crippen LogP contribution in [0.1, 0.15) is 28.8 Å². The number of hydrogen-bond donors (Lipinski definition) is 2. The topological polar surface area (TPSA) is 89.6 Å². The average Bonchev–Trinajstić information content (AvgIpc) is 3.75. The second-order valence-corrected chi connectivity index (χ2v) is 8.89. The lowest BCUT2D eigenvalue weighted by molar-refractivity contribution is -0.117. The summed E-state index contributed by atoms with van der Waals surface area (Å²) in [6.07, 6.45) is 1.86. The van der Waals surface area contributed by atoms with Crippen LogP contribution in [0.15, 0.2) is 66.7 Å². The summed E-state index contributed by atoms with van der Waals surface area (Å²) in [6.45, 7) is 1.92. The number of benzene rings is 3. The average molecular weight is 482 g/mol. The predicted octanol–water partition coefficient (Wildman–Crippen LogP) is 5.83. The Hall–Kier alpha value is -4.39. The third-order valence-electron chi connectivity index (χ3n) is 6.34. The Kier molecular flexibility index (Phi) is 6.29. The van der Waals surface area contributed by atoms with E-state index in [0.717, 1.165) is 29.4 Å². The zero-order chi connectivity index (χ0) is 25.2. The number of nitrogens with zero attached hydrogens (tertiary/aromatic N) is 1. The number of aryl methyl sites for hydroxylation is 1. The van der Waals surface area contributed by atoms with Crippen LogP contribution in [0.5, 0.6) is 11.5 Å². The lowest BCUT2D eigenvalue weighted by Crippen LogP contribution is -2.16. The number of ether oxygens (including phenoxy) is 2. The predicted molar refractivity (Wildman–Crippen MR) is 141 cm³/mol. The molecule has 0 atom stereocenters. The third-order valence-corrected chi connectivity index (χ3v) is 6.34. The smallest absolute Gasteiger partial charge is 0.256 e. The fourth-order valence-corrected chi connectivity index (χ4v) is 4.12. The van der Waals surface area contributed by atoms with Gasteiger partial charge in [-0.1, -0.05) is 24.3 Å². The van der Waals surface area contributed by atoms with Gasteiger partial charge in [0.25, 0.3) is 5.91 Å². The number of carbonyl (C=O) groups excluding carboxylic acids is 2. The van der Waals surface area contributed by atoms with Crippen molar-refractivity contribution in [3.63, 3.8) is 0 Å². The Bertz CT molecular complexity index is 1480. The van der Waals surface area contributed by atoms with Gasteiger partial charge in [0, 0.05) is 28.2 Å². The molecule has 1 aliphatic carbocycles. The number of carbonyl (C=O) groups is 2. The number of rotatable bonds is 7. The largest absolute Gasteiger partial charge is 0.493 e. The number of hydrogen-bond acceptors (Lipinski definition) is 5. The minimum Gasteiger partial charge on any atom is -0.493 e. The SMILES string of the molecule is COc1ccc(-c2cc(C(=O)Nc3cc(NC(=O)C4CC4)ccc3C)c3ccccc3n2)cc1OC. The molecule has 0 radical (unpaired) electrons. The van der Waals surface area contributed by atoms with Crippen LogP contribution < -0.4 is 20.1 Å². The van der Waals surface area contributed by atoms with E-state index < -0.39 is 0 Å². The first-order valence-corrected chi connectivity index (χ1v) is 11.8. The van der Waals surface area contributed by atoms with E-state index in [1.54, 1.807) is 26.4 Å². The van der Waals surface area contributed by atoms with E-state index in [0.29, 0.717) is 39.6 Å². The zero-order valence-corrected chi connectivity index (χ0v) is 20.4. The van der Waals surface area contributed by atoms with Crippen molar-refractivity contribution in [3.05, 3.63) is 77.9 Å². The molecular weight excluding hydrogens is 454 g/mol. The van der Waals surface area contributed by atoms with Gasteiger partial charge in [0.05, 0.1) is 31.0 Å². The van der Waals surface area contributed by atoms with E-state index >= 15 is 0 Å². The van der Waals surface area contributed by atoms with Crippen molar-refractivity contribution in [2.45, 2.75) is 19.8 Å². The van der Waals surface area contributed by atoms with Gasteiger partial charge in [-0.2, -0.15) is 0 Å². The molecule has 0 unspecified atom stereocenters. The molecule has 0 aliphatic heterocycles. The maximum Gasteiger partial charge on any atom is 0.256 e. The van der Waals surface area contributed by atoms with Crippen LogP contribution in [0.3, 0.4) is 0 Å². The number of fused-ring (bicyclic) bond motifs is 1. The quantitative estimate of drug-likeness (QED) is 0.347. The summed E-state index contributed by atoms with van der Waals surface area (Å²) in [5, 5.41) is 6.72. The van der Waals surface area contributed by atoms with Gasteiger partial charge >= 0.3 is 0 Å². The van der Waals surface area contributed by atoms with Gasteiger partial charge in [0.2, 0.25) is 5.91 Å². The van der Waals surface area contributed by atoms with Gasteiger partial charge < -0.3 is 20.1 Å². The normalized spacial score (nSPS) is 12.8. The fraction of sp³-hybridized carbons (Fsp3) is 0.207. The molecular formula is C29H27N3O4. The summed E-state index contributed by atoms with van der Waals surface area (Å²) in [5.41, 5.74) is 4.84. The van der Waals surface area contributed by atoms with E-state index in [1.165, 1.54) is 0 Å². The van der Waals surface area contributed by atoms with Crippen molar-refractivity contribution in [1.82, 2.24) is 4.98 Å². The molecule has 182 valence electrons. The monoisotopic (exact) mass is 481 g/mol. The summed E-state index contributed by atoms with van der Waals surface area (Å²) in [5.74, 6) is 1.06. The molecule has 1 heterocycles. The number of aromatic nitrogens is 1. The molecule has 1 aliphatic rings. The van der Waals surface area contributed by atoms with Crippen LogP contribution in [-0.4, -0.2) is 31.0 Å². The summed E-state index contributed by atoms with van der Waals surface area (Å²) in [6, 6.07) is 20.4. The van der Waals surface area contributed by atoms with Gasteiger partial charge in [0.1, 0.15) is 0 Å². The van der Waals surface area contributed by atoms with Gasteiger partial charge in [-0.3, -0.25) is 9.59 Å². The van der Waals surface area contributed by atoms with E-state index in [4.69, 9.17) is 14.5 Å². The summed E-state index contributed by atoms with van der Waals surface area (Å²) in [7, 11) is 3.17. The van der Waals surface area contributed by atoms with Crippen molar-refractivity contribution in [1.29, 1.82) is 0 Å². The lowest BCUT2D eigenvalue weighted by atomic mass is 10.0. The first-order chi connectivity index (χ1) is 17.5. The summed E-state index contributed by atoms with van der Waals surface area (Å²) >= 11 is 0. The van der Waals surface area contributed by atoms with Crippen molar-refractivity contribution in [3.8, 4) is 22.8 Å². The number of amides is 2. The molecule has 1 fully saturated rings. The van der Waals surface area contributed by atoms with Crippen LogP contribution in [-0.2, 0) is 4.79 Å². The van der Waals surface area contributed by atoms with Crippen molar-refractivity contribution in [2.24, 2.45) is 5.92 Å². The second-order valence-electron chi connectivity index (χ2n) is 8.89. The van der Waals surface area contributed by atoms with Crippen molar-refractivity contribution >= 4 is 34.1 Å². The molecule has 0 saturated heterocycles. The van der Waals surface area contributed by atoms with Crippen molar-refractivity contribution in [2.75, 3.05) is 24.9 Å². The molecule has 3 aromatic carbocycles. The number of anilines is 2. The van der Waals surface area contributed by atoms with Gasteiger partial charge in [-0.25, -0.2) is 4.98 Å². The highest BCUT2D eigenvalue weighted by atomic mass is 16.5. The minimum atomic E-state index is -0.260. The highest BCUT2D eigenvalue weighted by Crippen LogP contribution is 2.34. The fourth-order valence-electron chi connectivity index (χ4n) is 4.12. The van der Waals surface area contributed by atoms with E-state index in [-0.39, 0.29) is 17.7 Å². The Morgan fingerprint density at radius 1 is 0.889 bits per heavy atom. The van der Waals surface area contributed by atoms with E-state index in [9.17, 15) is 9.59 Å². The van der Waals surface area contributed by atoms with Gasteiger partial charge in [0.15, 0.2) is 11.5 Å². The highest BCUT2D eigenvalue weighted by Gasteiger charge is 2.29. The maximum absolute atomic E-state index is 13.6. The van der Waals surface area contributed by atoms with Crippen LogP contribution in [0, 0.1) is 12.8 Å². The molecule has 2 amide bonds. The van der Waals surface area contributed by atoms with Crippen LogP contribution in [0.2, 0.25) is 0 Å². The number of methoxy groups -OCH3 is 2. The minimum absolute atomic E-state index is 0.0239. The summed E-state index contributed by atoms with van der Waals surface area (Å²) in [4.78, 5) is 30.6. The first kappa shape index (κ1) is 23.4. The lowest BCUT2D eigenvalue weighted by Gasteiger charge is -2.14. The van der Waals surface area contributed by atoms with Crippen LogP contribution in [0.25, 0.3) is 22.2 Å². The zero-order valence-electron chi connectivity index (χ0n) is 20.4.